The highest BCUT2D eigenvalue weighted by Gasteiger charge is 2.29. The first-order chi connectivity index (χ1) is 5.77. The van der Waals surface area contributed by atoms with Crippen LogP contribution in [0.3, 0.4) is 0 Å². The van der Waals surface area contributed by atoms with Gasteiger partial charge in [0.05, 0.1) is 13.0 Å². The third-order valence-electron chi connectivity index (χ3n) is 2.46. The van der Waals surface area contributed by atoms with Gasteiger partial charge in [-0.15, -0.1) is 0 Å². The van der Waals surface area contributed by atoms with Gasteiger partial charge in [0.2, 0.25) is 0 Å². The number of esters is 1. The second kappa shape index (κ2) is 4.45. The molecule has 0 aliphatic heterocycles. The van der Waals surface area contributed by atoms with E-state index in [1.165, 1.54) is 7.11 Å². The van der Waals surface area contributed by atoms with Crippen LogP contribution >= 0.6 is 0 Å². The topological polar surface area (TPSA) is 38.3 Å². The van der Waals surface area contributed by atoms with E-state index in [9.17, 15) is 4.79 Å². The summed E-state index contributed by atoms with van der Waals surface area (Å²) in [4.78, 5) is 11.1. The number of ether oxygens (including phenoxy) is 1. The van der Waals surface area contributed by atoms with E-state index in [-0.39, 0.29) is 11.9 Å². The quantitative estimate of drug-likeness (QED) is 0.642. The van der Waals surface area contributed by atoms with E-state index in [0.29, 0.717) is 6.04 Å². The second-order valence-electron chi connectivity index (χ2n) is 3.29. The fourth-order valence-corrected chi connectivity index (χ4v) is 1.84. The third kappa shape index (κ3) is 2.21. The zero-order valence-corrected chi connectivity index (χ0v) is 7.80. The summed E-state index contributed by atoms with van der Waals surface area (Å²) in [6, 6.07) is 0.527. The van der Waals surface area contributed by atoms with Gasteiger partial charge in [0, 0.05) is 6.04 Å². The number of methoxy groups -OCH3 is 1. The lowest BCUT2D eigenvalue weighted by Gasteiger charge is -2.09. The smallest absolute Gasteiger partial charge is 0.308 e. The number of hydrogen-bond acceptors (Lipinski definition) is 3. The van der Waals surface area contributed by atoms with Crippen LogP contribution in [-0.2, 0) is 9.53 Å². The summed E-state index contributed by atoms with van der Waals surface area (Å²) in [6.45, 7) is 3.07. The molecule has 70 valence electrons. The number of carbonyl (C=O) groups is 1. The highest BCUT2D eigenvalue weighted by atomic mass is 16.5. The molecule has 0 aromatic heterocycles. The van der Waals surface area contributed by atoms with Crippen molar-refractivity contribution in [3.05, 3.63) is 0 Å². The van der Waals surface area contributed by atoms with Gasteiger partial charge in [-0.2, -0.15) is 0 Å². The van der Waals surface area contributed by atoms with E-state index in [0.717, 1.165) is 25.8 Å². The Morgan fingerprint density at radius 1 is 1.58 bits per heavy atom. The van der Waals surface area contributed by atoms with Crippen LogP contribution < -0.4 is 5.32 Å². The van der Waals surface area contributed by atoms with Gasteiger partial charge in [-0.1, -0.05) is 6.92 Å². The lowest BCUT2D eigenvalue weighted by molar-refractivity contribution is -0.145. The maximum atomic E-state index is 11.1. The number of rotatable bonds is 3. The average Bonchev–Trinajstić information content (AvgIpc) is 2.52. The van der Waals surface area contributed by atoms with Gasteiger partial charge in [0.1, 0.15) is 0 Å². The first kappa shape index (κ1) is 9.52. The Balaban J connectivity index is 2.30. The fraction of sp³-hybridized carbons (Fsp3) is 0.889. The summed E-state index contributed by atoms with van der Waals surface area (Å²) in [5.74, 6) is 0.0921. The Kier molecular flexibility index (Phi) is 3.53. The van der Waals surface area contributed by atoms with Crippen LogP contribution in [0.2, 0.25) is 0 Å². The molecule has 1 saturated carbocycles. The summed E-state index contributed by atoms with van der Waals surface area (Å²) in [6.07, 6.45) is 3.03. The fourth-order valence-electron chi connectivity index (χ4n) is 1.84. The molecular formula is C9H17NO2. The van der Waals surface area contributed by atoms with Crippen LogP contribution in [0, 0.1) is 5.92 Å². The van der Waals surface area contributed by atoms with Crippen molar-refractivity contribution in [3.63, 3.8) is 0 Å². The van der Waals surface area contributed by atoms with E-state index in [1.807, 2.05) is 0 Å². The molecule has 1 aliphatic carbocycles. The largest absolute Gasteiger partial charge is 0.469 e. The Labute approximate surface area is 73.5 Å². The first-order valence-electron chi connectivity index (χ1n) is 4.59. The lowest BCUT2D eigenvalue weighted by Crippen LogP contribution is -2.26. The summed E-state index contributed by atoms with van der Waals surface area (Å²) in [7, 11) is 1.46. The minimum atomic E-state index is -0.0459. The van der Waals surface area contributed by atoms with Crippen molar-refractivity contribution in [3.8, 4) is 0 Å². The predicted octanol–water partition coefficient (Wildman–Crippen LogP) is 0.938. The Bertz CT molecular complexity index is 159. The Morgan fingerprint density at radius 2 is 2.33 bits per heavy atom. The van der Waals surface area contributed by atoms with Crippen molar-refractivity contribution in [2.75, 3.05) is 13.7 Å². The second-order valence-corrected chi connectivity index (χ2v) is 3.29. The maximum absolute atomic E-state index is 11.1. The average molecular weight is 171 g/mol. The molecule has 0 amide bonds. The van der Waals surface area contributed by atoms with Gasteiger partial charge in [0.15, 0.2) is 0 Å². The predicted molar refractivity (Wildman–Crippen MR) is 46.8 cm³/mol. The monoisotopic (exact) mass is 171 g/mol. The SMILES string of the molecule is CCN[C@H]1CC[C@@H](C(=O)OC)C1. The minimum absolute atomic E-state index is 0.0459. The van der Waals surface area contributed by atoms with E-state index in [1.54, 1.807) is 0 Å². The molecule has 1 rings (SSSR count). The van der Waals surface area contributed by atoms with Crippen LogP contribution in [0.4, 0.5) is 0 Å². The summed E-state index contributed by atoms with van der Waals surface area (Å²) in [5.41, 5.74) is 0. The normalized spacial score (nSPS) is 28.8. The molecule has 0 aromatic carbocycles. The van der Waals surface area contributed by atoms with Crippen LogP contribution in [0.25, 0.3) is 0 Å². The first-order valence-corrected chi connectivity index (χ1v) is 4.59. The van der Waals surface area contributed by atoms with E-state index >= 15 is 0 Å². The molecule has 0 radical (unpaired) electrons. The third-order valence-corrected chi connectivity index (χ3v) is 2.46. The standard InChI is InChI=1S/C9H17NO2/c1-3-10-8-5-4-7(6-8)9(11)12-2/h7-8,10H,3-6H2,1-2H3/t7-,8+/m1/s1. The number of carbonyl (C=O) groups excluding carboxylic acids is 1. The molecular weight excluding hydrogens is 154 g/mol. The van der Waals surface area contributed by atoms with E-state index in [2.05, 4.69) is 12.2 Å². The molecule has 0 saturated heterocycles. The minimum Gasteiger partial charge on any atom is -0.469 e. The molecule has 0 heterocycles. The van der Waals surface area contributed by atoms with Crippen LogP contribution in [0.1, 0.15) is 26.2 Å². The van der Waals surface area contributed by atoms with Crippen molar-refractivity contribution in [1.29, 1.82) is 0 Å². The lowest BCUT2D eigenvalue weighted by atomic mass is 10.1. The molecule has 0 bridgehead atoms. The molecule has 0 aromatic rings. The zero-order chi connectivity index (χ0) is 8.97. The molecule has 12 heavy (non-hydrogen) atoms. The molecule has 2 atom stereocenters. The van der Waals surface area contributed by atoms with Crippen LogP contribution in [-0.4, -0.2) is 25.7 Å². The number of hydrogen-bond donors (Lipinski definition) is 1. The molecule has 1 aliphatic rings. The van der Waals surface area contributed by atoms with E-state index in [4.69, 9.17) is 4.74 Å². The molecule has 0 unspecified atom stereocenters. The Morgan fingerprint density at radius 3 is 2.92 bits per heavy atom. The van der Waals surface area contributed by atoms with Crippen molar-refractivity contribution < 1.29 is 9.53 Å². The van der Waals surface area contributed by atoms with Crippen molar-refractivity contribution >= 4 is 5.97 Å². The van der Waals surface area contributed by atoms with Crippen molar-refractivity contribution in [2.45, 2.75) is 32.2 Å². The van der Waals surface area contributed by atoms with Crippen LogP contribution in [0.5, 0.6) is 0 Å². The summed E-state index contributed by atoms with van der Waals surface area (Å²) >= 11 is 0. The van der Waals surface area contributed by atoms with Crippen LogP contribution in [0.15, 0.2) is 0 Å². The summed E-state index contributed by atoms with van der Waals surface area (Å²) in [5, 5.41) is 3.35. The molecule has 1 fully saturated rings. The maximum Gasteiger partial charge on any atom is 0.308 e. The Hall–Kier alpha value is -0.570. The van der Waals surface area contributed by atoms with Gasteiger partial charge < -0.3 is 10.1 Å². The van der Waals surface area contributed by atoms with Gasteiger partial charge in [-0.05, 0) is 25.8 Å². The van der Waals surface area contributed by atoms with Crippen molar-refractivity contribution in [1.82, 2.24) is 5.32 Å². The molecule has 3 heteroatoms. The molecule has 0 spiro atoms. The highest BCUT2D eigenvalue weighted by Crippen LogP contribution is 2.26. The molecule has 1 N–H and O–H groups in total. The van der Waals surface area contributed by atoms with Gasteiger partial charge in [0.25, 0.3) is 0 Å². The highest BCUT2D eigenvalue weighted by molar-refractivity contribution is 5.72. The van der Waals surface area contributed by atoms with Crippen molar-refractivity contribution in [2.24, 2.45) is 5.92 Å². The van der Waals surface area contributed by atoms with Gasteiger partial charge in [-0.25, -0.2) is 0 Å². The molecule has 3 nitrogen and oxygen atoms in total. The summed E-state index contributed by atoms with van der Waals surface area (Å²) < 4.78 is 4.69. The van der Waals surface area contributed by atoms with Gasteiger partial charge in [-0.3, -0.25) is 4.79 Å². The van der Waals surface area contributed by atoms with E-state index < -0.39 is 0 Å². The number of nitrogens with one attached hydrogen (secondary N) is 1. The zero-order valence-electron chi connectivity index (χ0n) is 7.80. The van der Waals surface area contributed by atoms with Gasteiger partial charge >= 0.3 is 5.97 Å².